The number of rotatable bonds is 7. The molecule has 0 radical (unpaired) electrons. The van der Waals surface area contributed by atoms with Gasteiger partial charge in [0, 0.05) is 0 Å². The van der Waals surface area contributed by atoms with Crippen molar-refractivity contribution in [3.05, 3.63) is 42.5 Å². The number of carboxylic acids is 1. The molecule has 0 unspecified atom stereocenters. The molecule has 0 aliphatic carbocycles. The van der Waals surface area contributed by atoms with Gasteiger partial charge in [0.2, 0.25) is 0 Å². The van der Waals surface area contributed by atoms with Crippen molar-refractivity contribution in [2.45, 2.75) is 45.5 Å². The third-order valence-corrected chi connectivity index (χ3v) is 9.01. The number of carboxylic acid groups (broad SMARTS) is 1. The Hall–Kier alpha value is -1.39. The van der Waals surface area contributed by atoms with Gasteiger partial charge in [0.15, 0.2) is 0 Å². The highest BCUT2D eigenvalue weighted by Crippen LogP contribution is 2.39. The highest BCUT2D eigenvalue weighted by Gasteiger charge is 2.45. The summed E-state index contributed by atoms with van der Waals surface area (Å²) in [5.74, 6) is -1.51. The van der Waals surface area contributed by atoms with Gasteiger partial charge in [0.25, 0.3) is 0 Å². The van der Waals surface area contributed by atoms with Gasteiger partial charge in [-0.15, -0.1) is 0 Å². The van der Waals surface area contributed by atoms with Crippen LogP contribution < -0.4 is 5.19 Å². The maximum absolute atomic E-state index is 11.9. The first-order chi connectivity index (χ1) is 10.2. The summed E-state index contributed by atoms with van der Waals surface area (Å²) >= 11 is 0. The van der Waals surface area contributed by atoms with E-state index in [1.165, 1.54) is 5.19 Å². The fraction of sp³-hybridized carbons (Fsp3) is 0.500. The van der Waals surface area contributed by atoms with Crippen molar-refractivity contribution in [1.29, 1.82) is 0 Å². The van der Waals surface area contributed by atoms with Crippen LogP contribution in [0.1, 0.15) is 20.8 Å². The van der Waals surface area contributed by atoms with Gasteiger partial charge < -0.3 is 10.2 Å². The van der Waals surface area contributed by atoms with Crippen LogP contribution in [0.2, 0.25) is 18.6 Å². The van der Waals surface area contributed by atoms with Gasteiger partial charge in [0.05, 0.1) is 20.1 Å². The Labute approximate surface area is 134 Å². The van der Waals surface area contributed by atoms with Crippen molar-refractivity contribution in [3.8, 4) is 0 Å². The van der Waals surface area contributed by atoms with Crippen molar-refractivity contribution in [2.24, 2.45) is 11.8 Å². The lowest BCUT2D eigenvalue weighted by Crippen LogP contribution is -2.53. The second kappa shape index (κ2) is 7.74. The Kier molecular flexibility index (Phi) is 6.57. The minimum Gasteiger partial charge on any atom is -0.481 e. The minimum atomic E-state index is -2.06. The van der Waals surface area contributed by atoms with Crippen LogP contribution in [-0.2, 0) is 4.79 Å². The van der Waals surface area contributed by atoms with Gasteiger partial charge in [-0.25, -0.2) is 0 Å². The summed E-state index contributed by atoms with van der Waals surface area (Å²) in [5, 5.41) is 21.3. The van der Waals surface area contributed by atoms with Crippen LogP contribution in [0.25, 0.3) is 0 Å². The van der Waals surface area contributed by atoms with Gasteiger partial charge >= 0.3 is 5.97 Å². The summed E-state index contributed by atoms with van der Waals surface area (Å²) < 4.78 is 0. The fourth-order valence-electron chi connectivity index (χ4n) is 3.59. The van der Waals surface area contributed by atoms with Gasteiger partial charge in [-0.1, -0.05) is 74.6 Å². The average Bonchev–Trinajstić information content (AvgIpc) is 2.44. The zero-order chi connectivity index (χ0) is 16.9. The number of aliphatic hydroxyl groups excluding tert-OH is 1. The molecule has 1 aromatic rings. The lowest BCUT2D eigenvalue weighted by Gasteiger charge is -2.40. The van der Waals surface area contributed by atoms with Gasteiger partial charge in [-0.3, -0.25) is 4.79 Å². The molecule has 4 heteroatoms. The van der Waals surface area contributed by atoms with Crippen LogP contribution in [0, 0.1) is 11.8 Å². The van der Waals surface area contributed by atoms with E-state index in [-0.39, 0.29) is 11.5 Å². The third-order valence-electron chi connectivity index (χ3n) is 4.50. The van der Waals surface area contributed by atoms with Crippen LogP contribution >= 0.6 is 0 Å². The molecule has 0 amide bonds. The molecule has 0 aliphatic heterocycles. The van der Waals surface area contributed by atoms with Crippen LogP contribution in [-0.4, -0.2) is 30.4 Å². The largest absolute Gasteiger partial charge is 0.481 e. The molecule has 1 aromatic carbocycles. The first kappa shape index (κ1) is 18.7. The molecule has 3 nitrogen and oxygen atoms in total. The zero-order valence-corrected chi connectivity index (χ0v) is 15.2. The van der Waals surface area contributed by atoms with Crippen molar-refractivity contribution in [3.63, 3.8) is 0 Å². The maximum atomic E-state index is 11.9. The summed E-state index contributed by atoms with van der Waals surface area (Å²) in [7, 11) is -2.06. The van der Waals surface area contributed by atoms with E-state index in [9.17, 15) is 15.0 Å². The minimum absolute atomic E-state index is 0.0569. The molecule has 0 heterocycles. The maximum Gasteiger partial charge on any atom is 0.309 e. The monoisotopic (exact) mass is 320 g/mol. The number of aliphatic hydroxyl groups is 1. The predicted molar refractivity (Wildman–Crippen MR) is 94.1 cm³/mol. The fourth-order valence-corrected chi connectivity index (χ4v) is 7.93. The molecule has 0 aliphatic rings. The molecule has 0 bridgehead atoms. The lowest BCUT2D eigenvalue weighted by molar-refractivity contribution is -0.145. The Morgan fingerprint density at radius 2 is 1.73 bits per heavy atom. The summed E-state index contributed by atoms with van der Waals surface area (Å²) in [4.78, 5) is 11.9. The molecule has 2 N–H and O–H groups in total. The summed E-state index contributed by atoms with van der Waals surface area (Å²) in [5.41, 5.74) is -0.0569. The molecule has 122 valence electrons. The van der Waals surface area contributed by atoms with Crippen LogP contribution in [0.15, 0.2) is 42.5 Å². The van der Waals surface area contributed by atoms with E-state index in [2.05, 4.69) is 39.1 Å². The van der Waals surface area contributed by atoms with Gasteiger partial charge in [-0.2, -0.15) is 0 Å². The van der Waals surface area contributed by atoms with E-state index in [0.717, 1.165) is 0 Å². The second-order valence-corrected chi connectivity index (χ2v) is 11.4. The standard InChI is InChI=1S/C18H28O3Si/c1-6-10-15(19)16(18(20)21)17(13(2)3)22(4,5)14-11-8-7-9-12-14/h6-13,15-17,19H,1-5H3,(H,20,21)/b10-6+/t15-,16-,17-/m0/s1. The van der Waals surface area contributed by atoms with E-state index >= 15 is 0 Å². The topological polar surface area (TPSA) is 57.5 Å². The Morgan fingerprint density at radius 3 is 2.14 bits per heavy atom. The second-order valence-electron chi connectivity index (χ2n) is 6.74. The molecular formula is C18H28O3Si. The highest BCUT2D eigenvalue weighted by molar-refractivity contribution is 6.91. The van der Waals surface area contributed by atoms with Crippen LogP contribution in [0.5, 0.6) is 0 Å². The quantitative estimate of drug-likeness (QED) is 0.599. The summed E-state index contributed by atoms with van der Waals surface area (Å²) in [6.45, 7) is 10.3. The molecule has 0 spiro atoms. The van der Waals surface area contributed by atoms with Crippen LogP contribution in [0.3, 0.4) is 0 Å². The van der Waals surface area contributed by atoms with Gasteiger partial charge in [0.1, 0.15) is 0 Å². The first-order valence-corrected chi connectivity index (χ1v) is 10.9. The Bertz CT molecular complexity index is 508. The molecule has 1 rings (SSSR count). The first-order valence-electron chi connectivity index (χ1n) is 7.82. The number of allylic oxidation sites excluding steroid dienone is 1. The Balaban J connectivity index is 3.34. The molecule has 0 saturated carbocycles. The van der Waals surface area contributed by atoms with Crippen LogP contribution in [0.4, 0.5) is 0 Å². The van der Waals surface area contributed by atoms with Crippen molar-refractivity contribution >= 4 is 19.2 Å². The predicted octanol–water partition coefficient (Wildman–Crippen LogP) is 3.27. The Morgan fingerprint density at radius 1 is 1.18 bits per heavy atom. The van der Waals surface area contributed by atoms with Crippen molar-refractivity contribution < 1.29 is 15.0 Å². The molecule has 22 heavy (non-hydrogen) atoms. The number of carbonyl (C=O) groups is 1. The average molecular weight is 321 g/mol. The number of hydrogen-bond acceptors (Lipinski definition) is 2. The lowest BCUT2D eigenvalue weighted by atomic mass is 9.91. The van der Waals surface area contributed by atoms with Crippen molar-refractivity contribution in [1.82, 2.24) is 0 Å². The number of benzene rings is 1. The van der Waals surface area contributed by atoms with E-state index in [4.69, 9.17) is 0 Å². The zero-order valence-electron chi connectivity index (χ0n) is 14.2. The smallest absolute Gasteiger partial charge is 0.309 e. The molecule has 0 fully saturated rings. The molecule has 0 saturated heterocycles. The normalized spacial score (nSPS) is 16.7. The van der Waals surface area contributed by atoms with Gasteiger partial charge in [-0.05, 0) is 18.4 Å². The van der Waals surface area contributed by atoms with E-state index in [0.29, 0.717) is 0 Å². The van der Waals surface area contributed by atoms with Crippen molar-refractivity contribution in [2.75, 3.05) is 0 Å². The number of aliphatic carboxylic acids is 1. The summed E-state index contributed by atoms with van der Waals surface area (Å²) in [6, 6.07) is 10.1. The highest BCUT2D eigenvalue weighted by atomic mass is 28.3. The number of hydrogen-bond donors (Lipinski definition) is 2. The van der Waals surface area contributed by atoms with E-state index in [1.54, 1.807) is 19.1 Å². The molecule has 0 aromatic heterocycles. The summed E-state index contributed by atoms with van der Waals surface area (Å²) in [6.07, 6.45) is 2.35. The molecule has 3 atom stereocenters. The SMILES string of the molecule is C/C=C/[C@H](O)[C@H](C(=O)O)[C@H](C(C)C)[Si](C)(C)c1ccccc1. The third kappa shape index (κ3) is 4.08. The van der Waals surface area contributed by atoms with E-state index < -0.39 is 26.1 Å². The molecular weight excluding hydrogens is 292 g/mol. The van der Waals surface area contributed by atoms with E-state index in [1.807, 2.05) is 18.2 Å².